The molecule has 1 fully saturated rings. The molecule has 0 aliphatic carbocycles. The quantitative estimate of drug-likeness (QED) is 0.598. The molecule has 31 heavy (non-hydrogen) atoms. The first-order valence-electron chi connectivity index (χ1n) is 11.2. The fraction of sp³-hybridized carbons (Fsp3) is 0.400. The maximum absolute atomic E-state index is 13.1. The van der Waals surface area contributed by atoms with E-state index in [1.165, 1.54) is 5.56 Å². The van der Waals surface area contributed by atoms with Crippen molar-refractivity contribution < 1.29 is 4.79 Å². The number of nitrogens with zero attached hydrogens (tertiary/aromatic N) is 3. The number of aromatic nitrogens is 2. The molecule has 1 aliphatic heterocycles. The smallest absolute Gasteiger partial charge is 0.293 e. The lowest BCUT2D eigenvalue weighted by Gasteiger charge is -2.32. The normalized spacial score (nSPS) is 16.4. The Morgan fingerprint density at radius 3 is 2.71 bits per heavy atom. The van der Waals surface area contributed by atoms with Crippen LogP contribution in [-0.4, -0.2) is 35.1 Å². The predicted molar refractivity (Wildman–Crippen MR) is 124 cm³/mol. The number of carbonyl (C=O) groups excluding carboxylic acids is 1. The third kappa shape index (κ3) is 4.79. The summed E-state index contributed by atoms with van der Waals surface area (Å²) in [5.74, 6) is 0.421. The first-order chi connectivity index (χ1) is 15.2. The lowest BCUT2D eigenvalue weighted by atomic mass is 9.97. The summed E-state index contributed by atoms with van der Waals surface area (Å²) in [7, 11) is 0. The molecule has 0 radical (unpaired) electrons. The molecule has 0 saturated carbocycles. The van der Waals surface area contributed by atoms with Crippen LogP contribution in [0.3, 0.4) is 0 Å². The summed E-state index contributed by atoms with van der Waals surface area (Å²) >= 11 is 0. The zero-order valence-electron chi connectivity index (χ0n) is 18.1. The molecule has 1 atom stereocenters. The number of hydrogen-bond acceptors (Lipinski definition) is 4. The van der Waals surface area contributed by atoms with Gasteiger partial charge in [0, 0.05) is 26.2 Å². The van der Waals surface area contributed by atoms with Crippen molar-refractivity contribution in [3.05, 3.63) is 70.5 Å². The Morgan fingerprint density at radius 1 is 1.13 bits per heavy atom. The third-order valence-corrected chi connectivity index (χ3v) is 6.03. The highest BCUT2D eigenvalue weighted by atomic mass is 16.2. The first kappa shape index (κ1) is 21.1. The lowest BCUT2D eigenvalue weighted by molar-refractivity contribution is -0.125. The highest BCUT2D eigenvalue weighted by Crippen LogP contribution is 2.22. The van der Waals surface area contributed by atoms with Crippen LogP contribution in [0, 0.1) is 5.92 Å². The fourth-order valence-corrected chi connectivity index (χ4v) is 4.38. The van der Waals surface area contributed by atoms with E-state index in [0.717, 1.165) is 43.3 Å². The largest absolute Gasteiger partial charge is 0.356 e. The molecule has 0 spiro atoms. The average molecular weight is 419 g/mol. The summed E-state index contributed by atoms with van der Waals surface area (Å²) in [4.78, 5) is 32.5. The van der Waals surface area contributed by atoms with E-state index in [2.05, 4.69) is 22.4 Å². The van der Waals surface area contributed by atoms with Gasteiger partial charge in [-0.15, -0.1) is 0 Å². The number of piperidine rings is 1. The van der Waals surface area contributed by atoms with Gasteiger partial charge in [-0.25, -0.2) is 4.98 Å². The topological polar surface area (TPSA) is 67.2 Å². The van der Waals surface area contributed by atoms with Gasteiger partial charge >= 0.3 is 0 Å². The fourth-order valence-electron chi connectivity index (χ4n) is 4.38. The second-order valence-corrected chi connectivity index (χ2v) is 8.14. The van der Waals surface area contributed by atoms with E-state index in [1.54, 1.807) is 4.57 Å². The van der Waals surface area contributed by atoms with Crippen LogP contribution in [0.25, 0.3) is 11.0 Å². The first-order valence-corrected chi connectivity index (χ1v) is 11.2. The summed E-state index contributed by atoms with van der Waals surface area (Å²) in [6, 6.07) is 18.0. The number of benzene rings is 2. The van der Waals surface area contributed by atoms with Crippen LogP contribution >= 0.6 is 0 Å². The van der Waals surface area contributed by atoms with Crippen molar-refractivity contribution in [1.82, 2.24) is 14.9 Å². The Morgan fingerprint density at radius 2 is 1.90 bits per heavy atom. The van der Waals surface area contributed by atoms with Gasteiger partial charge in [-0.1, -0.05) is 42.5 Å². The highest BCUT2D eigenvalue weighted by Gasteiger charge is 2.28. The highest BCUT2D eigenvalue weighted by molar-refractivity contribution is 5.80. The molecule has 1 amide bonds. The van der Waals surface area contributed by atoms with E-state index >= 15 is 0 Å². The summed E-state index contributed by atoms with van der Waals surface area (Å²) in [6.07, 6.45) is 3.59. The van der Waals surface area contributed by atoms with E-state index in [4.69, 9.17) is 0 Å². The zero-order chi connectivity index (χ0) is 21.6. The number of amides is 1. The number of aryl methyl sites for hydroxylation is 2. The molecule has 1 aromatic heterocycles. The van der Waals surface area contributed by atoms with E-state index in [0.29, 0.717) is 25.5 Å². The number of fused-ring (bicyclic) bond motifs is 1. The maximum Gasteiger partial charge on any atom is 0.293 e. The Balaban J connectivity index is 1.41. The minimum atomic E-state index is -0.117. The number of para-hydroxylation sites is 2. The molecule has 4 rings (SSSR count). The third-order valence-electron chi connectivity index (χ3n) is 6.03. The molecule has 2 aromatic carbocycles. The Labute approximate surface area is 182 Å². The Bertz CT molecular complexity index is 1090. The molecule has 6 nitrogen and oxygen atoms in total. The molecule has 1 saturated heterocycles. The minimum Gasteiger partial charge on any atom is -0.356 e. The van der Waals surface area contributed by atoms with Gasteiger partial charge in [0.25, 0.3) is 5.56 Å². The summed E-state index contributed by atoms with van der Waals surface area (Å²) < 4.78 is 1.77. The molecule has 1 unspecified atom stereocenters. The molecular formula is C25H30N4O2. The van der Waals surface area contributed by atoms with Crippen molar-refractivity contribution in [3.8, 4) is 0 Å². The van der Waals surface area contributed by atoms with Gasteiger partial charge in [0.2, 0.25) is 5.91 Å². The van der Waals surface area contributed by atoms with E-state index in [9.17, 15) is 9.59 Å². The van der Waals surface area contributed by atoms with Gasteiger partial charge in [0.1, 0.15) is 0 Å². The monoisotopic (exact) mass is 418 g/mol. The van der Waals surface area contributed by atoms with Crippen LogP contribution in [0.5, 0.6) is 0 Å². The van der Waals surface area contributed by atoms with E-state index < -0.39 is 0 Å². The van der Waals surface area contributed by atoms with Gasteiger partial charge in [0.05, 0.1) is 17.0 Å². The minimum absolute atomic E-state index is 0.0781. The average Bonchev–Trinajstić information content (AvgIpc) is 2.82. The molecule has 162 valence electrons. The number of carbonyl (C=O) groups is 1. The van der Waals surface area contributed by atoms with Crippen molar-refractivity contribution in [3.63, 3.8) is 0 Å². The summed E-state index contributed by atoms with van der Waals surface area (Å²) in [5, 5.41) is 3.09. The van der Waals surface area contributed by atoms with Crippen molar-refractivity contribution >= 4 is 22.8 Å². The van der Waals surface area contributed by atoms with Crippen LogP contribution in [0.1, 0.15) is 31.7 Å². The lowest BCUT2D eigenvalue weighted by Crippen LogP contribution is -2.45. The standard InChI is InChI=1S/C25H30N4O2/c1-2-29-22-15-7-6-14-21(22)27-23(25(29)31)28-17-9-13-20(18-28)24(30)26-16-8-12-19-10-4-3-5-11-19/h3-7,10-11,14-15,20H,2,8-9,12-13,16-18H2,1H3,(H,26,30). The number of rotatable bonds is 7. The van der Waals surface area contributed by atoms with E-state index in [1.807, 2.05) is 54.3 Å². The van der Waals surface area contributed by atoms with Gasteiger partial charge in [-0.3, -0.25) is 9.59 Å². The molecule has 0 bridgehead atoms. The number of anilines is 1. The van der Waals surface area contributed by atoms with Crippen LogP contribution in [0.15, 0.2) is 59.4 Å². The number of hydrogen-bond donors (Lipinski definition) is 1. The molecule has 3 aromatic rings. The predicted octanol–water partition coefficient (Wildman–Crippen LogP) is 3.38. The van der Waals surface area contributed by atoms with Crippen LogP contribution in [0.2, 0.25) is 0 Å². The molecule has 6 heteroatoms. The van der Waals surface area contributed by atoms with Crippen molar-refractivity contribution in [2.45, 2.75) is 39.2 Å². The van der Waals surface area contributed by atoms with Gasteiger partial charge in [-0.05, 0) is 50.3 Å². The summed E-state index contributed by atoms with van der Waals surface area (Å²) in [6.45, 7) is 4.52. The zero-order valence-corrected chi connectivity index (χ0v) is 18.1. The number of nitrogens with one attached hydrogen (secondary N) is 1. The summed E-state index contributed by atoms with van der Waals surface area (Å²) in [5.41, 5.74) is 2.87. The van der Waals surface area contributed by atoms with Crippen molar-refractivity contribution in [2.75, 3.05) is 24.5 Å². The van der Waals surface area contributed by atoms with Gasteiger partial charge in [0.15, 0.2) is 5.82 Å². The van der Waals surface area contributed by atoms with Crippen molar-refractivity contribution in [1.29, 1.82) is 0 Å². The van der Waals surface area contributed by atoms with Gasteiger partial charge < -0.3 is 14.8 Å². The van der Waals surface area contributed by atoms with Crippen LogP contribution < -0.4 is 15.8 Å². The molecule has 2 heterocycles. The van der Waals surface area contributed by atoms with Gasteiger partial charge in [-0.2, -0.15) is 0 Å². The molecule has 1 aliphatic rings. The van der Waals surface area contributed by atoms with Crippen LogP contribution in [0.4, 0.5) is 5.82 Å². The Hall–Kier alpha value is -3.15. The van der Waals surface area contributed by atoms with E-state index in [-0.39, 0.29) is 17.4 Å². The second-order valence-electron chi connectivity index (χ2n) is 8.14. The molecular weight excluding hydrogens is 388 g/mol. The molecule has 1 N–H and O–H groups in total. The Kier molecular flexibility index (Phi) is 6.65. The van der Waals surface area contributed by atoms with Crippen molar-refractivity contribution in [2.24, 2.45) is 5.92 Å². The second kappa shape index (κ2) is 9.77. The maximum atomic E-state index is 13.1. The van der Waals surface area contributed by atoms with Crippen LogP contribution in [-0.2, 0) is 17.8 Å². The SMILES string of the molecule is CCn1c(=O)c(N2CCCC(C(=O)NCCCc3ccccc3)C2)nc2ccccc21.